The van der Waals surface area contributed by atoms with Gasteiger partial charge in [0.2, 0.25) is 0 Å². The van der Waals surface area contributed by atoms with E-state index in [4.69, 9.17) is 9.84 Å². The summed E-state index contributed by atoms with van der Waals surface area (Å²) < 4.78 is 5.09. The first-order valence-electron chi connectivity index (χ1n) is 5.91. The summed E-state index contributed by atoms with van der Waals surface area (Å²) in [5, 5.41) is 8.81. The van der Waals surface area contributed by atoms with Gasteiger partial charge >= 0.3 is 5.97 Å². The number of methoxy groups -OCH3 is 1. The molecule has 0 aromatic rings. The van der Waals surface area contributed by atoms with Crippen molar-refractivity contribution in [2.45, 2.75) is 38.6 Å². The van der Waals surface area contributed by atoms with Crippen LogP contribution >= 0.6 is 0 Å². The van der Waals surface area contributed by atoms with Gasteiger partial charge < -0.3 is 9.84 Å². The molecule has 16 heavy (non-hydrogen) atoms. The zero-order chi connectivity index (χ0) is 12.2. The van der Waals surface area contributed by atoms with Crippen molar-refractivity contribution in [1.82, 2.24) is 4.90 Å². The summed E-state index contributed by atoms with van der Waals surface area (Å²) in [6.45, 7) is 7.04. The third-order valence-electron chi connectivity index (χ3n) is 3.48. The largest absolute Gasteiger partial charge is 0.481 e. The number of likely N-dealkylation sites (tertiary alicyclic amines) is 1. The van der Waals surface area contributed by atoms with Crippen LogP contribution in [-0.2, 0) is 9.53 Å². The second-order valence-electron chi connectivity index (χ2n) is 5.25. The van der Waals surface area contributed by atoms with Crippen LogP contribution in [0.2, 0.25) is 0 Å². The first kappa shape index (κ1) is 13.5. The number of rotatable bonds is 5. The lowest BCUT2D eigenvalue weighted by Crippen LogP contribution is -2.51. The fraction of sp³-hybridized carbons (Fsp3) is 0.917. The van der Waals surface area contributed by atoms with Gasteiger partial charge in [0.25, 0.3) is 0 Å². The number of hydrogen-bond donors (Lipinski definition) is 1. The molecule has 1 fully saturated rings. The topological polar surface area (TPSA) is 49.8 Å². The predicted molar refractivity (Wildman–Crippen MR) is 62.5 cm³/mol. The molecule has 0 radical (unpaired) electrons. The Morgan fingerprint density at radius 1 is 1.56 bits per heavy atom. The van der Waals surface area contributed by atoms with Gasteiger partial charge in [-0.25, -0.2) is 0 Å². The van der Waals surface area contributed by atoms with Crippen LogP contribution < -0.4 is 0 Å². The summed E-state index contributed by atoms with van der Waals surface area (Å²) >= 11 is 0. The van der Waals surface area contributed by atoms with Crippen LogP contribution in [0, 0.1) is 5.92 Å². The lowest BCUT2D eigenvalue weighted by atomic mass is 9.81. The van der Waals surface area contributed by atoms with Crippen LogP contribution in [0.15, 0.2) is 0 Å². The van der Waals surface area contributed by atoms with Crippen molar-refractivity contribution >= 4 is 5.97 Å². The van der Waals surface area contributed by atoms with E-state index in [9.17, 15) is 4.79 Å². The molecule has 1 rings (SSSR count). The van der Waals surface area contributed by atoms with Crippen LogP contribution in [0.25, 0.3) is 0 Å². The Balaban J connectivity index is 2.48. The lowest BCUT2D eigenvalue weighted by molar-refractivity contribution is -0.139. The monoisotopic (exact) mass is 229 g/mol. The summed E-state index contributed by atoms with van der Waals surface area (Å²) in [4.78, 5) is 13.1. The molecule has 0 aliphatic carbocycles. The second-order valence-corrected chi connectivity index (χ2v) is 5.25. The molecule has 1 N–H and O–H groups in total. The predicted octanol–water partition coefficient (Wildman–Crippen LogP) is 1.60. The fourth-order valence-corrected chi connectivity index (χ4v) is 2.62. The summed E-state index contributed by atoms with van der Waals surface area (Å²) in [6, 6.07) is 0. The highest BCUT2D eigenvalue weighted by molar-refractivity contribution is 5.67. The van der Waals surface area contributed by atoms with Crippen LogP contribution in [0.4, 0.5) is 0 Å². The van der Waals surface area contributed by atoms with E-state index in [1.807, 2.05) is 0 Å². The van der Waals surface area contributed by atoms with Gasteiger partial charge in [-0.05, 0) is 39.2 Å². The highest BCUT2D eigenvalue weighted by Gasteiger charge is 2.34. The maximum absolute atomic E-state index is 10.7. The minimum Gasteiger partial charge on any atom is -0.481 e. The summed E-state index contributed by atoms with van der Waals surface area (Å²) in [5.41, 5.74) is 0.0941. The first-order valence-corrected chi connectivity index (χ1v) is 5.91. The molecule has 0 bridgehead atoms. The highest BCUT2D eigenvalue weighted by atomic mass is 16.5. The third-order valence-corrected chi connectivity index (χ3v) is 3.48. The molecule has 1 unspecified atom stereocenters. The Morgan fingerprint density at radius 3 is 2.75 bits per heavy atom. The SMILES string of the molecule is COCCN1CCC(CC(=O)O)CC1(C)C. The Kier molecular flexibility index (Phi) is 4.74. The normalized spacial score (nSPS) is 25.6. The van der Waals surface area contributed by atoms with E-state index in [0.717, 1.165) is 32.5 Å². The van der Waals surface area contributed by atoms with E-state index < -0.39 is 5.97 Å². The van der Waals surface area contributed by atoms with Crippen molar-refractivity contribution in [2.24, 2.45) is 5.92 Å². The summed E-state index contributed by atoms with van der Waals surface area (Å²) in [7, 11) is 1.71. The average molecular weight is 229 g/mol. The average Bonchev–Trinajstić information content (AvgIpc) is 2.14. The van der Waals surface area contributed by atoms with Gasteiger partial charge in [0.15, 0.2) is 0 Å². The molecule has 1 saturated heterocycles. The molecule has 94 valence electrons. The molecule has 1 aliphatic heterocycles. The van der Waals surface area contributed by atoms with Gasteiger partial charge in [-0.3, -0.25) is 9.69 Å². The molecule has 0 spiro atoms. The Labute approximate surface area is 97.6 Å². The summed E-state index contributed by atoms with van der Waals surface area (Å²) in [5.74, 6) is -0.350. The van der Waals surface area contributed by atoms with Gasteiger partial charge in [-0.2, -0.15) is 0 Å². The fourth-order valence-electron chi connectivity index (χ4n) is 2.62. The Bertz CT molecular complexity index is 240. The molecule has 0 aromatic carbocycles. The van der Waals surface area contributed by atoms with Crippen LogP contribution in [0.1, 0.15) is 33.1 Å². The van der Waals surface area contributed by atoms with Gasteiger partial charge in [-0.1, -0.05) is 0 Å². The number of hydrogen-bond acceptors (Lipinski definition) is 3. The van der Waals surface area contributed by atoms with Crippen molar-refractivity contribution in [2.75, 3.05) is 26.8 Å². The number of carbonyl (C=O) groups is 1. The first-order chi connectivity index (χ1) is 7.45. The third kappa shape index (κ3) is 3.76. The lowest BCUT2D eigenvalue weighted by Gasteiger charge is -2.45. The minimum atomic E-state index is -0.675. The van der Waals surface area contributed by atoms with E-state index in [-0.39, 0.29) is 5.54 Å². The number of carboxylic acid groups (broad SMARTS) is 1. The van der Waals surface area contributed by atoms with E-state index >= 15 is 0 Å². The molecule has 0 aromatic heterocycles. The van der Waals surface area contributed by atoms with Crippen LogP contribution in [0.3, 0.4) is 0 Å². The number of aliphatic carboxylic acids is 1. The number of carboxylic acids is 1. The second kappa shape index (κ2) is 5.64. The van der Waals surface area contributed by atoms with Crippen molar-refractivity contribution in [3.63, 3.8) is 0 Å². The zero-order valence-corrected chi connectivity index (χ0v) is 10.5. The number of piperidine rings is 1. The van der Waals surface area contributed by atoms with E-state index in [2.05, 4.69) is 18.7 Å². The van der Waals surface area contributed by atoms with E-state index in [0.29, 0.717) is 12.3 Å². The maximum atomic E-state index is 10.7. The maximum Gasteiger partial charge on any atom is 0.303 e. The molecule has 1 heterocycles. The molecule has 4 nitrogen and oxygen atoms in total. The quantitative estimate of drug-likeness (QED) is 0.778. The van der Waals surface area contributed by atoms with Crippen molar-refractivity contribution in [3.8, 4) is 0 Å². The van der Waals surface area contributed by atoms with Gasteiger partial charge in [-0.15, -0.1) is 0 Å². The van der Waals surface area contributed by atoms with E-state index in [1.165, 1.54) is 0 Å². The van der Waals surface area contributed by atoms with Crippen LogP contribution in [-0.4, -0.2) is 48.3 Å². The Hall–Kier alpha value is -0.610. The van der Waals surface area contributed by atoms with Gasteiger partial charge in [0, 0.05) is 25.6 Å². The molecule has 4 heteroatoms. The number of ether oxygens (including phenoxy) is 1. The minimum absolute atomic E-state index is 0.0941. The van der Waals surface area contributed by atoms with Crippen LogP contribution in [0.5, 0.6) is 0 Å². The molecule has 1 aliphatic rings. The van der Waals surface area contributed by atoms with Crippen molar-refractivity contribution < 1.29 is 14.6 Å². The number of nitrogens with zero attached hydrogens (tertiary/aromatic N) is 1. The summed E-state index contributed by atoms with van der Waals surface area (Å²) in [6.07, 6.45) is 2.25. The molecule has 0 amide bonds. The Morgan fingerprint density at radius 2 is 2.25 bits per heavy atom. The molecule has 1 atom stereocenters. The highest BCUT2D eigenvalue weighted by Crippen LogP contribution is 2.32. The smallest absolute Gasteiger partial charge is 0.303 e. The van der Waals surface area contributed by atoms with Crippen molar-refractivity contribution in [1.29, 1.82) is 0 Å². The zero-order valence-electron chi connectivity index (χ0n) is 10.5. The van der Waals surface area contributed by atoms with Gasteiger partial charge in [0.05, 0.1) is 6.61 Å². The standard InChI is InChI=1S/C12H23NO3/c1-12(2)9-10(8-11(14)15)4-5-13(12)6-7-16-3/h10H,4-9H2,1-3H3,(H,14,15). The van der Waals surface area contributed by atoms with Gasteiger partial charge in [0.1, 0.15) is 0 Å². The molecular weight excluding hydrogens is 206 g/mol. The molecular formula is C12H23NO3. The van der Waals surface area contributed by atoms with E-state index in [1.54, 1.807) is 7.11 Å². The van der Waals surface area contributed by atoms with Crippen molar-refractivity contribution in [3.05, 3.63) is 0 Å². The molecule has 0 saturated carbocycles.